The molecule has 1 heterocycles. The molecule has 0 bridgehead atoms. The van der Waals surface area contributed by atoms with Gasteiger partial charge in [0.25, 0.3) is 0 Å². The number of H-pyrrole nitrogens is 1. The van der Waals surface area contributed by atoms with Gasteiger partial charge in [-0.05, 0) is 19.1 Å². The number of halogens is 1. The van der Waals surface area contributed by atoms with Crippen molar-refractivity contribution in [3.05, 3.63) is 47.0 Å². The molecule has 1 aromatic heterocycles. The van der Waals surface area contributed by atoms with Gasteiger partial charge in [-0.1, -0.05) is 23.7 Å². The minimum atomic E-state index is 0.449. The maximum Gasteiger partial charge on any atom is 0.138 e. The van der Waals surface area contributed by atoms with Crippen LogP contribution in [0.25, 0.3) is 0 Å². The average Bonchev–Trinajstić information content (AvgIpc) is 2.63. The lowest BCUT2D eigenvalue weighted by molar-refractivity contribution is 0.302. The molecule has 0 aliphatic rings. The average molecular weight is 223 g/mol. The highest BCUT2D eigenvalue weighted by Crippen LogP contribution is 2.23. The number of imidazole rings is 1. The number of aromatic amines is 1. The molecule has 1 N–H and O–H groups in total. The third kappa shape index (κ3) is 2.50. The molecule has 0 fully saturated rings. The molecule has 78 valence electrons. The first kappa shape index (κ1) is 10.1. The number of ether oxygens (including phenoxy) is 1. The van der Waals surface area contributed by atoms with Crippen molar-refractivity contribution in [2.24, 2.45) is 0 Å². The molecule has 0 radical (unpaired) electrons. The molecule has 0 atom stereocenters. The zero-order chi connectivity index (χ0) is 10.7. The minimum absolute atomic E-state index is 0.449. The van der Waals surface area contributed by atoms with Gasteiger partial charge >= 0.3 is 0 Å². The van der Waals surface area contributed by atoms with E-state index in [1.165, 1.54) is 0 Å². The highest BCUT2D eigenvalue weighted by molar-refractivity contribution is 6.32. The Morgan fingerprint density at radius 3 is 2.87 bits per heavy atom. The molecule has 0 amide bonds. The van der Waals surface area contributed by atoms with E-state index in [4.69, 9.17) is 16.3 Å². The van der Waals surface area contributed by atoms with E-state index in [0.717, 1.165) is 11.5 Å². The van der Waals surface area contributed by atoms with Gasteiger partial charge in [-0.15, -0.1) is 0 Å². The van der Waals surface area contributed by atoms with Crippen LogP contribution < -0.4 is 4.74 Å². The number of aryl methyl sites for hydroxylation is 1. The number of aromatic nitrogens is 2. The summed E-state index contributed by atoms with van der Waals surface area (Å²) in [4.78, 5) is 7.17. The zero-order valence-corrected chi connectivity index (χ0v) is 9.08. The molecule has 1 aromatic carbocycles. The van der Waals surface area contributed by atoms with Crippen LogP contribution in [0.15, 0.2) is 30.5 Å². The van der Waals surface area contributed by atoms with Crippen LogP contribution in [-0.2, 0) is 6.61 Å². The zero-order valence-electron chi connectivity index (χ0n) is 8.33. The molecule has 0 spiro atoms. The lowest BCUT2D eigenvalue weighted by Crippen LogP contribution is -1.96. The monoisotopic (exact) mass is 222 g/mol. The highest BCUT2D eigenvalue weighted by Gasteiger charge is 2.01. The lowest BCUT2D eigenvalue weighted by atomic mass is 10.3. The number of para-hydroxylation sites is 1. The number of rotatable bonds is 3. The van der Waals surface area contributed by atoms with Gasteiger partial charge in [0.1, 0.15) is 18.2 Å². The maximum absolute atomic E-state index is 5.94. The third-order valence-corrected chi connectivity index (χ3v) is 2.29. The van der Waals surface area contributed by atoms with Crippen molar-refractivity contribution in [2.45, 2.75) is 13.5 Å². The molecule has 0 aliphatic carbocycles. The molecule has 0 saturated heterocycles. The largest absolute Gasteiger partial charge is 0.486 e. The summed E-state index contributed by atoms with van der Waals surface area (Å²) in [6.07, 6.45) is 1.76. The summed E-state index contributed by atoms with van der Waals surface area (Å²) in [6, 6.07) is 7.40. The summed E-state index contributed by atoms with van der Waals surface area (Å²) < 4.78 is 5.53. The third-order valence-electron chi connectivity index (χ3n) is 1.98. The number of hydrogen-bond acceptors (Lipinski definition) is 2. The van der Waals surface area contributed by atoms with Crippen molar-refractivity contribution in [1.29, 1.82) is 0 Å². The van der Waals surface area contributed by atoms with Crippen LogP contribution in [-0.4, -0.2) is 9.97 Å². The second kappa shape index (κ2) is 4.36. The molecule has 3 nitrogen and oxygen atoms in total. The number of nitrogens with one attached hydrogen (secondary N) is 1. The van der Waals surface area contributed by atoms with E-state index < -0.39 is 0 Å². The summed E-state index contributed by atoms with van der Waals surface area (Å²) in [7, 11) is 0. The lowest BCUT2D eigenvalue weighted by Gasteiger charge is -2.05. The van der Waals surface area contributed by atoms with E-state index in [2.05, 4.69) is 9.97 Å². The second-order valence-corrected chi connectivity index (χ2v) is 3.62. The topological polar surface area (TPSA) is 37.9 Å². The Hall–Kier alpha value is -1.48. The van der Waals surface area contributed by atoms with Crippen LogP contribution >= 0.6 is 11.6 Å². The fraction of sp³-hybridized carbons (Fsp3) is 0.182. The van der Waals surface area contributed by atoms with Crippen molar-refractivity contribution in [3.8, 4) is 5.75 Å². The quantitative estimate of drug-likeness (QED) is 0.867. The van der Waals surface area contributed by atoms with Crippen molar-refractivity contribution < 1.29 is 4.74 Å². The van der Waals surface area contributed by atoms with Crippen molar-refractivity contribution in [3.63, 3.8) is 0 Å². The molecule has 2 aromatic rings. The Morgan fingerprint density at radius 1 is 1.40 bits per heavy atom. The Bertz CT molecular complexity index is 453. The first-order valence-electron chi connectivity index (χ1n) is 4.63. The summed E-state index contributed by atoms with van der Waals surface area (Å²) in [5, 5.41) is 0.619. The summed E-state index contributed by atoms with van der Waals surface area (Å²) in [5.41, 5.74) is 0.937. The second-order valence-electron chi connectivity index (χ2n) is 3.21. The predicted molar refractivity (Wildman–Crippen MR) is 59.1 cm³/mol. The van der Waals surface area contributed by atoms with Crippen molar-refractivity contribution in [1.82, 2.24) is 9.97 Å². The van der Waals surface area contributed by atoms with Gasteiger partial charge < -0.3 is 9.72 Å². The van der Waals surface area contributed by atoms with Gasteiger partial charge in [0.15, 0.2) is 0 Å². The molecule has 0 saturated carbocycles. The summed E-state index contributed by atoms with van der Waals surface area (Å²) >= 11 is 5.94. The molecular formula is C11H11ClN2O. The maximum atomic E-state index is 5.94. The van der Waals surface area contributed by atoms with Gasteiger partial charge in [-0.3, -0.25) is 0 Å². The van der Waals surface area contributed by atoms with Gasteiger partial charge in [-0.2, -0.15) is 0 Å². The van der Waals surface area contributed by atoms with E-state index >= 15 is 0 Å². The van der Waals surface area contributed by atoms with E-state index in [9.17, 15) is 0 Å². The van der Waals surface area contributed by atoms with E-state index in [1.54, 1.807) is 12.3 Å². The van der Waals surface area contributed by atoms with Crippen LogP contribution in [0.4, 0.5) is 0 Å². The van der Waals surface area contributed by atoms with Crippen LogP contribution in [0, 0.1) is 6.92 Å². The standard InChI is InChI=1S/C11H11ClN2O/c1-8-13-6-9(14-8)7-15-11-5-3-2-4-10(11)12/h2-6H,7H2,1H3,(H,13,14). The number of benzene rings is 1. The SMILES string of the molecule is Cc1ncc(COc2ccccc2Cl)[nH]1. The van der Waals surface area contributed by atoms with E-state index in [-0.39, 0.29) is 0 Å². The van der Waals surface area contributed by atoms with Crippen molar-refractivity contribution in [2.75, 3.05) is 0 Å². The van der Waals surface area contributed by atoms with Gasteiger partial charge in [0.05, 0.1) is 16.9 Å². The van der Waals surface area contributed by atoms with E-state index in [0.29, 0.717) is 17.4 Å². The number of hydrogen-bond donors (Lipinski definition) is 1. The first-order chi connectivity index (χ1) is 7.25. The van der Waals surface area contributed by atoms with Crippen molar-refractivity contribution >= 4 is 11.6 Å². The smallest absolute Gasteiger partial charge is 0.138 e. The Morgan fingerprint density at radius 2 is 2.20 bits per heavy atom. The Labute approximate surface area is 93.1 Å². The minimum Gasteiger partial charge on any atom is -0.486 e. The summed E-state index contributed by atoms with van der Waals surface area (Å²) in [6.45, 7) is 2.35. The van der Waals surface area contributed by atoms with Crippen LogP contribution in [0.2, 0.25) is 5.02 Å². The van der Waals surface area contributed by atoms with Gasteiger partial charge in [-0.25, -0.2) is 4.98 Å². The van der Waals surface area contributed by atoms with Crippen LogP contribution in [0.5, 0.6) is 5.75 Å². The highest BCUT2D eigenvalue weighted by atomic mass is 35.5. The number of nitrogens with zero attached hydrogens (tertiary/aromatic N) is 1. The molecule has 0 unspecified atom stereocenters. The molecule has 0 aliphatic heterocycles. The molecule has 2 rings (SSSR count). The Balaban J connectivity index is 2.02. The molecule has 4 heteroatoms. The fourth-order valence-electron chi connectivity index (χ4n) is 1.26. The van der Waals surface area contributed by atoms with Gasteiger partial charge in [0, 0.05) is 0 Å². The molecular weight excluding hydrogens is 212 g/mol. The van der Waals surface area contributed by atoms with Crippen LogP contribution in [0.3, 0.4) is 0 Å². The molecule has 15 heavy (non-hydrogen) atoms. The Kier molecular flexibility index (Phi) is 2.92. The van der Waals surface area contributed by atoms with E-state index in [1.807, 2.05) is 25.1 Å². The van der Waals surface area contributed by atoms with Gasteiger partial charge in [0.2, 0.25) is 0 Å². The first-order valence-corrected chi connectivity index (χ1v) is 5.01. The summed E-state index contributed by atoms with van der Waals surface area (Å²) in [5.74, 6) is 1.57. The normalized spacial score (nSPS) is 10.3. The predicted octanol–water partition coefficient (Wildman–Crippen LogP) is 2.95. The fourth-order valence-corrected chi connectivity index (χ4v) is 1.45. The van der Waals surface area contributed by atoms with Crippen LogP contribution in [0.1, 0.15) is 11.5 Å².